The molecular formula is C14H15N3O2. The molecule has 1 amide bonds. The maximum Gasteiger partial charge on any atom is 0.254 e. The van der Waals surface area contributed by atoms with Crippen molar-refractivity contribution in [3.05, 3.63) is 35.8 Å². The van der Waals surface area contributed by atoms with Gasteiger partial charge in [0.05, 0.1) is 5.69 Å². The molecule has 0 aromatic carbocycles. The molecule has 0 saturated carbocycles. The zero-order chi connectivity index (χ0) is 13.4. The SMILES string of the molecule is Cc1cn2ccc(C(=O)N3CCC(=O)CC3)cc2n1. The third kappa shape index (κ3) is 2.23. The average Bonchev–Trinajstić information content (AvgIpc) is 2.77. The Labute approximate surface area is 110 Å². The van der Waals surface area contributed by atoms with Crippen LogP contribution in [0.25, 0.3) is 5.65 Å². The molecule has 0 atom stereocenters. The third-order valence-corrected chi connectivity index (χ3v) is 3.44. The summed E-state index contributed by atoms with van der Waals surface area (Å²) < 4.78 is 1.89. The average molecular weight is 257 g/mol. The van der Waals surface area contributed by atoms with Crippen LogP contribution in [-0.2, 0) is 4.79 Å². The number of carbonyl (C=O) groups excluding carboxylic acids is 2. The summed E-state index contributed by atoms with van der Waals surface area (Å²) in [7, 11) is 0. The number of aromatic nitrogens is 2. The van der Waals surface area contributed by atoms with Gasteiger partial charge in [0, 0.05) is 43.9 Å². The van der Waals surface area contributed by atoms with Crippen LogP contribution in [0.3, 0.4) is 0 Å². The molecule has 1 aliphatic rings. The molecule has 3 rings (SSSR count). The predicted octanol–water partition coefficient (Wildman–Crippen LogP) is 1.45. The standard InChI is InChI=1S/C14H15N3O2/c1-10-9-17-5-2-11(8-13(17)15-10)14(19)16-6-3-12(18)4-7-16/h2,5,8-9H,3-4,6-7H2,1H3. The van der Waals surface area contributed by atoms with E-state index in [1.54, 1.807) is 17.0 Å². The van der Waals surface area contributed by atoms with Crippen LogP contribution >= 0.6 is 0 Å². The molecule has 19 heavy (non-hydrogen) atoms. The predicted molar refractivity (Wildman–Crippen MR) is 70.1 cm³/mol. The number of piperidine rings is 1. The Morgan fingerprint density at radius 2 is 2.05 bits per heavy atom. The number of imidazole rings is 1. The van der Waals surface area contributed by atoms with Gasteiger partial charge < -0.3 is 9.30 Å². The van der Waals surface area contributed by atoms with Gasteiger partial charge in [0.15, 0.2) is 0 Å². The summed E-state index contributed by atoms with van der Waals surface area (Å²) in [4.78, 5) is 29.6. The highest BCUT2D eigenvalue weighted by Gasteiger charge is 2.22. The highest BCUT2D eigenvalue weighted by molar-refractivity contribution is 5.96. The molecule has 2 aromatic heterocycles. The molecule has 98 valence electrons. The Morgan fingerprint density at radius 3 is 2.79 bits per heavy atom. The highest BCUT2D eigenvalue weighted by Crippen LogP contribution is 2.13. The Hall–Kier alpha value is -2.17. The zero-order valence-corrected chi connectivity index (χ0v) is 10.8. The fourth-order valence-corrected chi connectivity index (χ4v) is 2.38. The summed E-state index contributed by atoms with van der Waals surface area (Å²) in [5.41, 5.74) is 2.33. The minimum absolute atomic E-state index is 0.0179. The van der Waals surface area contributed by atoms with Crippen LogP contribution in [0.15, 0.2) is 24.5 Å². The molecule has 1 aliphatic heterocycles. The van der Waals surface area contributed by atoms with Crippen molar-refractivity contribution in [1.82, 2.24) is 14.3 Å². The van der Waals surface area contributed by atoms with Gasteiger partial charge in [-0.2, -0.15) is 0 Å². The van der Waals surface area contributed by atoms with Gasteiger partial charge in [-0.1, -0.05) is 0 Å². The van der Waals surface area contributed by atoms with E-state index in [0.717, 1.165) is 11.3 Å². The van der Waals surface area contributed by atoms with Crippen LogP contribution in [0.4, 0.5) is 0 Å². The largest absolute Gasteiger partial charge is 0.338 e. The number of Topliss-reactive ketones (excluding diaryl/α,β-unsaturated/α-hetero) is 1. The first-order chi connectivity index (χ1) is 9.13. The molecule has 3 heterocycles. The summed E-state index contributed by atoms with van der Waals surface area (Å²) in [6, 6.07) is 3.60. The van der Waals surface area contributed by atoms with E-state index in [2.05, 4.69) is 4.98 Å². The van der Waals surface area contributed by atoms with Crippen molar-refractivity contribution >= 4 is 17.3 Å². The zero-order valence-electron chi connectivity index (χ0n) is 10.8. The lowest BCUT2D eigenvalue weighted by Gasteiger charge is -2.26. The number of rotatable bonds is 1. The number of pyridine rings is 1. The van der Waals surface area contributed by atoms with Crippen molar-refractivity contribution in [2.24, 2.45) is 0 Å². The van der Waals surface area contributed by atoms with E-state index >= 15 is 0 Å². The quantitative estimate of drug-likeness (QED) is 0.777. The van der Waals surface area contributed by atoms with Crippen molar-refractivity contribution in [3.8, 4) is 0 Å². The summed E-state index contributed by atoms with van der Waals surface area (Å²) >= 11 is 0. The van der Waals surface area contributed by atoms with Crippen LogP contribution in [-0.4, -0.2) is 39.1 Å². The maximum atomic E-state index is 12.3. The van der Waals surface area contributed by atoms with Gasteiger partial charge in [0.2, 0.25) is 0 Å². The van der Waals surface area contributed by atoms with Crippen molar-refractivity contribution in [2.75, 3.05) is 13.1 Å². The molecule has 0 radical (unpaired) electrons. The first-order valence-corrected chi connectivity index (χ1v) is 6.40. The molecule has 5 nitrogen and oxygen atoms in total. The Bertz CT molecular complexity index is 650. The van der Waals surface area contributed by atoms with Gasteiger partial charge in [-0.15, -0.1) is 0 Å². The van der Waals surface area contributed by atoms with E-state index in [1.165, 1.54) is 0 Å². The summed E-state index contributed by atoms with van der Waals surface area (Å²) in [6.45, 7) is 2.97. The lowest BCUT2D eigenvalue weighted by molar-refractivity contribution is -0.120. The molecule has 0 unspecified atom stereocenters. The molecule has 5 heteroatoms. The summed E-state index contributed by atoms with van der Waals surface area (Å²) in [5, 5.41) is 0. The number of hydrogen-bond acceptors (Lipinski definition) is 3. The van der Waals surface area contributed by atoms with E-state index in [9.17, 15) is 9.59 Å². The van der Waals surface area contributed by atoms with Crippen molar-refractivity contribution in [1.29, 1.82) is 0 Å². The molecule has 0 spiro atoms. The van der Waals surface area contributed by atoms with E-state index < -0.39 is 0 Å². The van der Waals surface area contributed by atoms with Gasteiger partial charge in [-0.05, 0) is 19.1 Å². The Balaban J connectivity index is 1.86. The van der Waals surface area contributed by atoms with Crippen LogP contribution < -0.4 is 0 Å². The number of fused-ring (bicyclic) bond motifs is 1. The maximum absolute atomic E-state index is 12.3. The Morgan fingerprint density at radius 1 is 1.32 bits per heavy atom. The normalized spacial score (nSPS) is 16.1. The lowest BCUT2D eigenvalue weighted by Crippen LogP contribution is -2.38. The van der Waals surface area contributed by atoms with Crippen LogP contribution in [0, 0.1) is 6.92 Å². The van der Waals surface area contributed by atoms with Crippen LogP contribution in [0.5, 0.6) is 0 Å². The van der Waals surface area contributed by atoms with E-state index in [-0.39, 0.29) is 11.7 Å². The second-order valence-corrected chi connectivity index (χ2v) is 4.89. The highest BCUT2D eigenvalue weighted by atomic mass is 16.2. The van der Waals surface area contributed by atoms with Crippen molar-refractivity contribution < 1.29 is 9.59 Å². The molecule has 1 saturated heterocycles. The lowest BCUT2D eigenvalue weighted by atomic mass is 10.1. The minimum atomic E-state index is -0.0179. The van der Waals surface area contributed by atoms with E-state index in [1.807, 2.05) is 23.7 Å². The molecule has 2 aromatic rings. The first-order valence-electron chi connectivity index (χ1n) is 6.40. The number of likely N-dealkylation sites (tertiary alicyclic amines) is 1. The third-order valence-electron chi connectivity index (χ3n) is 3.44. The van der Waals surface area contributed by atoms with Crippen molar-refractivity contribution in [2.45, 2.75) is 19.8 Å². The summed E-state index contributed by atoms with van der Waals surface area (Å²) in [5.74, 6) is 0.221. The second kappa shape index (κ2) is 4.50. The van der Waals surface area contributed by atoms with E-state index in [4.69, 9.17) is 0 Å². The number of amides is 1. The molecule has 1 fully saturated rings. The van der Waals surface area contributed by atoms with Gasteiger partial charge in [-0.3, -0.25) is 9.59 Å². The number of nitrogens with zero attached hydrogens (tertiary/aromatic N) is 3. The number of aryl methyl sites for hydroxylation is 1. The monoisotopic (exact) mass is 257 g/mol. The van der Waals surface area contributed by atoms with Gasteiger partial charge in [0.1, 0.15) is 11.4 Å². The fraction of sp³-hybridized carbons (Fsp3) is 0.357. The van der Waals surface area contributed by atoms with Gasteiger partial charge in [-0.25, -0.2) is 4.98 Å². The number of ketones is 1. The first kappa shape index (κ1) is 11.9. The van der Waals surface area contributed by atoms with Crippen LogP contribution in [0.1, 0.15) is 28.9 Å². The van der Waals surface area contributed by atoms with Gasteiger partial charge >= 0.3 is 0 Å². The number of hydrogen-bond donors (Lipinski definition) is 0. The van der Waals surface area contributed by atoms with Gasteiger partial charge in [0.25, 0.3) is 5.91 Å². The van der Waals surface area contributed by atoms with Crippen molar-refractivity contribution in [3.63, 3.8) is 0 Å². The minimum Gasteiger partial charge on any atom is -0.338 e. The fourth-order valence-electron chi connectivity index (χ4n) is 2.38. The summed E-state index contributed by atoms with van der Waals surface area (Å²) in [6.07, 6.45) is 4.70. The van der Waals surface area contributed by atoms with Crippen LogP contribution in [0.2, 0.25) is 0 Å². The topological polar surface area (TPSA) is 54.7 Å². The molecule has 0 aliphatic carbocycles. The molecular weight excluding hydrogens is 242 g/mol. The Kier molecular flexibility index (Phi) is 2.81. The molecule has 0 N–H and O–H groups in total. The number of carbonyl (C=O) groups is 2. The second-order valence-electron chi connectivity index (χ2n) is 4.89. The van der Waals surface area contributed by atoms with E-state index in [0.29, 0.717) is 31.5 Å². The molecule has 0 bridgehead atoms. The smallest absolute Gasteiger partial charge is 0.254 e.